The molecule has 0 saturated carbocycles. The van der Waals surface area contributed by atoms with E-state index in [0.717, 1.165) is 19.5 Å². The largest absolute Gasteiger partial charge is 0.481 e. The zero-order valence-electron chi connectivity index (χ0n) is 10.8. The normalized spacial score (nSPS) is 33.8. The number of aliphatic carboxylic acids is 1. The van der Waals surface area contributed by atoms with Crippen LogP contribution in [0.1, 0.15) is 33.1 Å². The molecule has 98 valence electrons. The van der Waals surface area contributed by atoms with Gasteiger partial charge in [0.15, 0.2) is 0 Å². The molecule has 2 heterocycles. The molecule has 1 N–H and O–H groups in total. The molecule has 0 aliphatic carbocycles. The molecular formula is C13H23NO2S. The van der Waals surface area contributed by atoms with Crippen LogP contribution in [0.25, 0.3) is 0 Å². The van der Waals surface area contributed by atoms with Crippen molar-refractivity contribution in [2.24, 2.45) is 11.3 Å². The Kier molecular flexibility index (Phi) is 4.03. The molecule has 0 radical (unpaired) electrons. The van der Waals surface area contributed by atoms with Crippen LogP contribution in [0.5, 0.6) is 0 Å². The Bertz CT molecular complexity index is 293. The van der Waals surface area contributed by atoms with E-state index >= 15 is 0 Å². The van der Waals surface area contributed by atoms with Crippen LogP contribution in [0.15, 0.2) is 0 Å². The Morgan fingerprint density at radius 3 is 2.94 bits per heavy atom. The minimum Gasteiger partial charge on any atom is -0.481 e. The quantitative estimate of drug-likeness (QED) is 0.842. The predicted octanol–water partition coefficient (Wildman–Crippen LogP) is 2.31. The zero-order valence-corrected chi connectivity index (χ0v) is 11.6. The summed E-state index contributed by atoms with van der Waals surface area (Å²) in [5, 5.41) is 8.83. The van der Waals surface area contributed by atoms with E-state index in [4.69, 9.17) is 5.11 Å². The highest BCUT2D eigenvalue weighted by Crippen LogP contribution is 2.37. The van der Waals surface area contributed by atoms with Gasteiger partial charge in [0.2, 0.25) is 0 Å². The van der Waals surface area contributed by atoms with Gasteiger partial charge in [0.1, 0.15) is 0 Å². The summed E-state index contributed by atoms with van der Waals surface area (Å²) >= 11 is 2.05. The summed E-state index contributed by atoms with van der Waals surface area (Å²) in [6.45, 7) is 6.78. The van der Waals surface area contributed by atoms with Gasteiger partial charge >= 0.3 is 5.97 Å². The molecule has 2 rings (SSSR count). The first-order valence-corrected chi connectivity index (χ1v) is 7.65. The van der Waals surface area contributed by atoms with Crippen molar-refractivity contribution in [3.05, 3.63) is 0 Å². The SMILES string of the molecule is CC1(C)CSCC(N2CCC(CC(=O)O)C2)C1. The van der Waals surface area contributed by atoms with Gasteiger partial charge in [0.05, 0.1) is 0 Å². The molecular weight excluding hydrogens is 234 g/mol. The molecule has 0 aromatic heterocycles. The van der Waals surface area contributed by atoms with Gasteiger partial charge in [-0.15, -0.1) is 0 Å². The summed E-state index contributed by atoms with van der Waals surface area (Å²) in [5.74, 6) is 2.22. The van der Waals surface area contributed by atoms with Crippen molar-refractivity contribution in [3.8, 4) is 0 Å². The Hall–Kier alpha value is -0.220. The molecule has 0 bridgehead atoms. The number of carboxylic acids is 1. The molecule has 3 nitrogen and oxygen atoms in total. The number of thioether (sulfide) groups is 1. The van der Waals surface area contributed by atoms with Gasteiger partial charge in [-0.25, -0.2) is 0 Å². The lowest BCUT2D eigenvalue weighted by atomic mass is 9.87. The fraction of sp³-hybridized carbons (Fsp3) is 0.923. The molecule has 0 aromatic carbocycles. The molecule has 17 heavy (non-hydrogen) atoms. The average molecular weight is 257 g/mol. The molecule has 0 aromatic rings. The van der Waals surface area contributed by atoms with Crippen molar-refractivity contribution in [1.29, 1.82) is 0 Å². The van der Waals surface area contributed by atoms with E-state index in [2.05, 4.69) is 30.5 Å². The fourth-order valence-corrected chi connectivity index (χ4v) is 4.46. The first-order chi connectivity index (χ1) is 7.96. The van der Waals surface area contributed by atoms with Gasteiger partial charge in [0.25, 0.3) is 0 Å². The van der Waals surface area contributed by atoms with Crippen molar-refractivity contribution >= 4 is 17.7 Å². The second-order valence-corrected chi connectivity index (χ2v) is 7.32. The standard InChI is InChI=1S/C13H23NO2S/c1-13(2)6-11(8-17-9-13)14-4-3-10(7-14)5-12(15)16/h10-11H,3-9H2,1-2H3,(H,15,16). The number of rotatable bonds is 3. The van der Waals surface area contributed by atoms with Crippen LogP contribution in [0, 0.1) is 11.3 Å². The smallest absolute Gasteiger partial charge is 0.303 e. The third-order valence-electron chi connectivity index (χ3n) is 3.89. The maximum Gasteiger partial charge on any atom is 0.303 e. The third-order valence-corrected chi connectivity index (χ3v) is 5.49. The number of nitrogens with zero attached hydrogens (tertiary/aromatic N) is 1. The van der Waals surface area contributed by atoms with Crippen molar-refractivity contribution in [3.63, 3.8) is 0 Å². The number of hydrogen-bond donors (Lipinski definition) is 1. The number of likely N-dealkylation sites (tertiary alicyclic amines) is 1. The highest BCUT2D eigenvalue weighted by atomic mass is 32.2. The van der Waals surface area contributed by atoms with Crippen molar-refractivity contribution < 1.29 is 9.90 Å². The molecule has 2 aliphatic rings. The van der Waals surface area contributed by atoms with Crippen molar-refractivity contribution in [1.82, 2.24) is 4.90 Å². The van der Waals surface area contributed by atoms with Gasteiger partial charge < -0.3 is 5.11 Å². The zero-order chi connectivity index (χ0) is 12.5. The Balaban J connectivity index is 1.85. The lowest BCUT2D eigenvalue weighted by Crippen LogP contribution is -2.42. The lowest BCUT2D eigenvalue weighted by molar-refractivity contribution is -0.138. The van der Waals surface area contributed by atoms with Crippen LogP contribution in [-0.2, 0) is 4.79 Å². The van der Waals surface area contributed by atoms with E-state index in [-0.39, 0.29) is 0 Å². The van der Waals surface area contributed by atoms with E-state index in [9.17, 15) is 4.79 Å². The minimum atomic E-state index is -0.643. The highest BCUT2D eigenvalue weighted by Gasteiger charge is 2.35. The number of carbonyl (C=O) groups is 1. The van der Waals surface area contributed by atoms with E-state index < -0.39 is 5.97 Å². The lowest BCUT2D eigenvalue weighted by Gasteiger charge is -2.39. The van der Waals surface area contributed by atoms with Gasteiger partial charge in [-0.2, -0.15) is 11.8 Å². The van der Waals surface area contributed by atoms with Crippen LogP contribution in [0.4, 0.5) is 0 Å². The summed E-state index contributed by atoms with van der Waals surface area (Å²) in [4.78, 5) is 13.2. The van der Waals surface area contributed by atoms with Crippen molar-refractivity contribution in [2.75, 3.05) is 24.6 Å². The Labute approximate surface area is 108 Å². The van der Waals surface area contributed by atoms with Gasteiger partial charge in [0, 0.05) is 24.8 Å². The van der Waals surface area contributed by atoms with Crippen molar-refractivity contribution in [2.45, 2.75) is 39.2 Å². The first kappa shape index (κ1) is 13.2. The van der Waals surface area contributed by atoms with E-state index in [1.807, 2.05) is 0 Å². The third kappa shape index (κ3) is 3.62. The Morgan fingerprint density at radius 1 is 1.53 bits per heavy atom. The van der Waals surface area contributed by atoms with E-state index in [1.165, 1.54) is 17.9 Å². The summed E-state index contributed by atoms with van der Waals surface area (Å²) in [6, 6.07) is 0.669. The number of carboxylic acid groups (broad SMARTS) is 1. The molecule has 2 saturated heterocycles. The molecule has 4 heteroatoms. The summed E-state index contributed by atoms with van der Waals surface area (Å²) in [6.07, 6.45) is 2.67. The second kappa shape index (κ2) is 5.19. The monoisotopic (exact) mass is 257 g/mol. The second-order valence-electron chi connectivity index (χ2n) is 6.28. The Morgan fingerprint density at radius 2 is 2.29 bits per heavy atom. The van der Waals surface area contributed by atoms with Gasteiger partial charge in [-0.1, -0.05) is 13.8 Å². The molecule has 0 amide bonds. The average Bonchev–Trinajstić information content (AvgIpc) is 2.63. The summed E-state index contributed by atoms with van der Waals surface area (Å²) in [7, 11) is 0. The maximum absolute atomic E-state index is 10.7. The summed E-state index contributed by atoms with van der Waals surface area (Å²) < 4.78 is 0. The molecule has 2 atom stereocenters. The van der Waals surface area contributed by atoms with Crippen LogP contribution in [0.3, 0.4) is 0 Å². The number of hydrogen-bond acceptors (Lipinski definition) is 3. The molecule has 2 fully saturated rings. The van der Waals surface area contributed by atoms with Gasteiger partial charge in [-0.05, 0) is 36.5 Å². The predicted molar refractivity (Wildman–Crippen MR) is 71.4 cm³/mol. The summed E-state index contributed by atoms with van der Waals surface area (Å²) in [5.41, 5.74) is 0.443. The van der Waals surface area contributed by atoms with Crippen LogP contribution in [-0.4, -0.2) is 46.6 Å². The topological polar surface area (TPSA) is 40.5 Å². The highest BCUT2D eigenvalue weighted by molar-refractivity contribution is 7.99. The van der Waals surface area contributed by atoms with Crippen LogP contribution < -0.4 is 0 Å². The van der Waals surface area contributed by atoms with Gasteiger partial charge in [-0.3, -0.25) is 9.69 Å². The van der Waals surface area contributed by atoms with E-state index in [1.54, 1.807) is 0 Å². The first-order valence-electron chi connectivity index (χ1n) is 6.50. The van der Waals surface area contributed by atoms with Crippen LogP contribution >= 0.6 is 11.8 Å². The molecule has 2 aliphatic heterocycles. The fourth-order valence-electron chi connectivity index (χ4n) is 3.07. The van der Waals surface area contributed by atoms with E-state index in [0.29, 0.717) is 23.8 Å². The van der Waals surface area contributed by atoms with Crippen LogP contribution in [0.2, 0.25) is 0 Å². The maximum atomic E-state index is 10.7. The minimum absolute atomic E-state index is 0.347. The molecule has 0 spiro atoms. The molecule has 2 unspecified atom stereocenters.